The Labute approximate surface area is 217 Å². The number of alkyl carbamates (subject to hydrolysis) is 1. The molecule has 2 aliphatic heterocycles. The Balaban J connectivity index is 1.26. The van der Waals surface area contributed by atoms with Gasteiger partial charge in [-0.2, -0.15) is 4.31 Å². The van der Waals surface area contributed by atoms with E-state index >= 15 is 0 Å². The van der Waals surface area contributed by atoms with Gasteiger partial charge in [0.15, 0.2) is 5.01 Å². The van der Waals surface area contributed by atoms with E-state index in [4.69, 9.17) is 5.41 Å². The molecule has 2 amide bonds. The first-order valence-corrected chi connectivity index (χ1v) is 13.9. The number of hydrogen-bond donors (Lipinski definition) is 3. The summed E-state index contributed by atoms with van der Waals surface area (Å²) in [6.45, 7) is 2.63. The molecule has 196 valence electrons. The van der Waals surface area contributed by atoms with Crippen molar-refractivity contribution in [3.8, 4) is 0 Å². The summed E-state index contributed by atoms with van der Waals surface area (Å²) < 4.78 is 32.5. The zero-order chi connectivity index (χ0) is 26.3. The van der Waals surface area contributed by atoms with Gasteiger partial charge in [-0.25, -0.2) is 18.2 Å². The summed E-state index contributed by atoms with van der Waals surface area (Å²) in [7, 11) is -0.575. The second kappa shape index (κ2) is 9.85. The Kier molecular flexibility index (Phi) is 6.74. The SMILES string of the molecule is COC(=O)NC(=N)c1ccc2[nH]c(S(=O)(=O)N3CCN(C(=O)c4nc5c(s4)CN(C)CC5)CC3)cc2c1. The molecule has 0 spiro atoms. The highest BCUT2D eigenvalue weighted by Crippen LogP contribution is 2.27. The molecule has 1 fully saturated rings. The number of H-pyrrole nitrogens is 1. The Morgan fingerprint density at radius 2 is 1.92 bits per heavy atom. The number of amidine groups is 1. The largest absolute Gasteiger partial charge is 0.453 e. The van der Waals surface area contributed by atoms with Crippen LogP contribution >= 0.6 is 11.3 Å². The molecule has 37 heavy (non-hydrogen) atoms. The number of ether oxygens (including phenoxy) is 1. The molecule has 0 radical (unpaired) electrons. The van der Waals surface area contributed by atoms with Gasteiger partial charge in [0.25, 0.3) is 15.9 Å². The number of methoxy groups -OCH3 is 1. The van der Waals surface area contributed by atoms with Crippen LogP contribution in [0.2, 0.25) is 0 Å². The number of aromatic nitrogens is 2. The number of nitrogens with one attached hydrogen (secondary N) is 3. The number of carbonyl (C=O) groups is 2. The van der Waals surface area contributed by atoms with Crippen LogP contribution in [0.25, 0.3) is 10.9 Å². The van der Waals surface area contributed by atoms with Crippen LogP contribution < -0.4 is 5.32 Å². The summed E-state index contributed by atoms with van der Waals surface area (Å²) in [6, 6.07) is 6.38. The third-order valence-electron chi connectivity index (χ3n) is 6.55. The monoisotopic (exact) mass is 545 g/mol. The number of sulfonamides is 1. The van der Waals surface area contributed by atoms with E-state index in [1.54, 1.807) is 23.1 Å². The van der Waals surface area contributed by atoms with Crippen molar-refractivity contribution in [1.29, 1.82) is 5.41 Å². The number of carbonyl (C=O) groups excluding carboxylic acids is 2. The lowest BCUT2D eigenvalue weighted by Crippen LogP contribution is -2.50. The number of amides is 2. The van der Waals surface area contributed by atoms with Gasteiger partial charge in [-0.15, -0.1) is 11.3 Å². The van der Waals surface area contributed by atoms with E-state index in [1.807, 2.05) is 7.05 Å². The lowest BCUT2D eigenvalue weighted by Gasteiger charge is -2.33. The van der Waals surface area contributed by atoms with Gasteiger partial charge < -0.3 is 19.5 Å². The average Bonchev–Trinajstić information content (AvgIpc) is 3.52. The summed E-state index contributed by atoms with van der Waals surface area (Å²) in [5, 5.41) is 11.4. The summed E-state index contributed by atoms with van der Waals surface area (Å²) in [4.78, 5) is 36.9. The lowest BCUT2D eigenvalue weighted by molar-refractivity contribution is 0.0697. The van der Waals surface area contributed by atoms with E-state index in [0.29, 0.717) is 21.5 Å². The summed E-state index contributed by atoms with van der Waals surface area (Å²) in [5.41, 5.74) is 1.98. The van der Waals surface area contributed by atoms with Crippen LogP contribution in [0, 0.1) is 5.41 Å². The molecule has 3 N–H and O–H groups in total. The van der Waals surface area contributed by atoms with E-state index in [1.165, 1.54) is 28.8 Å². The van der Waals surface area contributed by atoms with E-state index < -0.39 is 16.1 Å². The van der Waals surface area contributed by atoms with Gasteiger partial charge in [-0.3, -0.25) is 15.5 Å². The summed E-state index contributed by atoms with van der Waals surface area (Å²) in [5.74, 6) is -0.312. The van der Waals surface area contributed by atoms with Gasteiger partial charge in [0.05, 0.1) is 12.8 Å². The predicted octanol–water partition coefficient (Wildman–Crippen LogP) is 1.44. The van der Waals surface area contributed by atoms with Crippen LogP contribution in [0.4, 0.5) is 4.79 Å². The number of thiazole rings is 1. The highest BCUT2D eigenvalue weighted by molar-refractivity contribution is 7.89. The minimum absolute atomic E-state index is 0.0311. The molecule has 3 aromatic rings. The van der Waals surface area contributed by atoms with Crippen molar-refractivity contribution < 1.29 is 22.7 Å². The van der Waals surface area contributed by atoms with Gasteiger partial charge >= 0.3 is 6.09 Å². The second-order valence-corrected chi connectivity index (χ2v) is 12.0. The minimum Gasteiger partial charge on any atom is -0.453 e. The second-order valence-electron chi connectivity index (χ2n) is 9.00. The molecule has 1 saturated heterocycles. The van der Waals surface area contributed by atoms with Crippen LogP contribution in [-0.4, -0.2) is 97.2 Å². The number of rotatable bonds is 4. The first kappa shape index (κ1) is 25.3. The molecule has 5 rings (SSSR count). The highest BCUT2D eigenvalue weighted by Gasteiger charge is 2.33. The summed E-state index contributed by atoms with van der Waals surface area (Å²) in [6.07, 6.45) is 0.0680. The predicted molar refractivity (Wildman–Crippen MR) is 137 cm³/mol. The number of fused-ring (bicyclic) bond motifs is 2. The van der Waals surface area contributed by atoms with Crippen molar-refractivity contribution in [1.82, 2.24) is 29.4 Å². The number of nitrogens with zero attached hydrogens (tertiary/aromatic N) is 4. The topological polar surface area (TPSA) is 152 Å². The third kappa shape index (κ3) is 4.97. The zero-order valence-electron chi connectivity index (χ0n) is 20.4. The van der Waals surface area contributed by atoms with Gasteiger partial charge in [0.1, 0.15) is 10.9 Å². The molecule has 4 heterocycles. The molecule has 0 unspecified atom stereocenters. The van der Waals surface area contributed by atoms with Crippen LogP contribution in [0.15, 0.2) is 29.3 Å². The van der Waals surface area contributed by atoms with Crippen molar-refractivity contribution in [2.24, 2.45) is 0 Å². The Morgan fingerprint density at radius 3 is 2.65 bits per heavy atom. The highest BCUT2D eigenvalue weighted by atomic mass is 32.2. The van der Waals surface area contributed by atoms with Crippen molar-refractivity contribution in [2.45, 2.75) is 18.0 Å². The number of aromatic amines is 1. The Hall–Kier alpha value is -3.33. The van der Waals surface area contributed by atoms with Crippen molar-refractivity contribution in [2.75, 3.05) is 46.9 Å². The van der Waals surface area contributed by atoms with Crippen LogP contribution in [0.1, 0.15) is 25.9 Å². The maximum Gasteiger partial charge on any atom is 0.412 e. The van der Waals surface area contributed by atoms with E-state index in [-0.39, 0.29) is 42.9 Å². The number of hydrogen-bond acceptors (Lipinski definition) is 9. The van der Waals surface area contributed by atoms with Gasteiger partial charge in [-0.1, -0.05) is 0 Å². The number of likely N-dealkylation sites (N-methyl/N-ethyl adjacent to an activating group) is 1. The third-order valence-corrected chi connectivity index (χ3v) is 9.44. The van der Waals surface area contributed by atoms with Crippen molar-refractivity contribution in [3.05, 3.63) is 45.4 Å². The lowest BCUT2D eigenvalue weighted by atomic mass is 10.1. The Morgan fingerprint density at radius 1 is 1.16 bits per heavy atom. The van der Waals surface area contributed by atoms with Crippen LogP contribution in [-0.2, 0) is 27.7 Å². The molecule has 0 atom stereocenters. The molecule has 2 aliphatic rings. The molecule has 12 nitrogen and oxygen atoms in total. The smallest absolute Gasteiger partial charge is 0.412 e. The fourth-order valence-corrected chi connectivity index (χ4v) is 7.04. The van der Waals surface area contributed by atoms with E-state index in [2.05, 4.69) is 24.9 Å². The summed E-state index contributed by atoms with van der Waals surface area (Å²) >= 11 is 1.43. The van der Waals surface area contributed by atoms with Crippen LogP contribution in [0.5, 0.6) is 0 Å². The molecule has 2 aromatic heterocycles. The first-order chi connectivity index (χ1) is 17.7. The molecule has 14 heteroatoms. The maximum absolute atomic E-state index is 13.3. The van der Waals surface area contributed by atoms with Gasteiger partial charge in [-0.05, 0) is 31.3 Å². The van der Waals surface area contributed by atoms with Crippen molar-refractivity contribution >= 4 is 50.1 Å². The molecule has 0 aliphatic carbocycles. The fourth-order valence-electron chi connectivity index (χ4n) is 4.45. The fraction of sp³-hybridized carbons (Fsp3) is 0.391. The Bertz CT molecular complexity index is 1490. The van der Waals surface area contributed by atoms with Gasteiger partial charge in [0, 0.05) is 67.0 Å². The maximum atomic E-state index is 13.3. The van der Waals surface area contributed by atoms with Crippen LogP contribution in [0.3, 0.4) is 0 Å². The van der Waals surface area contributed by atoms with E-state index in [9.17, 15) is 18.0 Å². The molecule has 0 bridgehead atoms. The minimum atomic E-state index is -3.82. The molecular weight excluding hydrogens is 518 g/mol. The standard InChI is InChI=1S/C23H27N7O5S2/c1-28-6-5-17-18(13-28)36-21(26-17)22(31)29-7-9-30(10-8-29)37(33,34)19-12-15-11-14(3-4-16(15)25-19)20(24)27-23(32)35-2/h3-4,11-12,25H,5-10,13H2,1-2H3,(H2,24,27,32). The molecule has 1 aromatic carbocycles. The first-order valence-electron chi connectivity index (χ1n) is 11.7. The van der Waals surface area contributed by atoms with Crippen molar-refractivity contribution in [3.63, 3.8) is 0 Å². The van der Waals surface area contributed by atoms with E-state index in [0.717, 1.165) is 30.1 Å². The molecular formula is C23H27N7O5S2. The normalized spacial score (nSPS) is 17.0. The average molecular weight is 546 g/mol. The van der Waals surface area contributed by atoms with Gasteiger partial charge in [0.2, 0.25) is 0 Å². The number of piperazine rings is 1. The zero-order valence-corrected chi connectivity index (χ0v) is 22.0. The molecule has 0 saturated carbocycles. The number of benzene rings is 1. The quantitative estimate of drug-likeness (QED) is 0.331.